The molecule has 2 heterocycles. The van der Waals surface area contributed by atoms with Crippen molar-refractivity contribution in [3.8, 4) is 0 Å². The average molecular weight is 332 g/mol. The van der Waals surface area contributed by atoms with Crippen molar-refractivity contribution >= 4 is 35.2 Å². The van der Waals surface area contributed by atoms with E-state index in [2.05, 4.69) is 4.98 Å². The Morgan fingerprint density at radius 2 is 2.19 bits per heavy atom. The molecule has 1 saturated heterocycles. The highest BCUT2D eigenvalue weighted by Gasteiger charge is 2.28. The summed E-state index contributed by atoms with van der Waals surface area (Å²) in [5, 5.41) is 0.664. The second-order valence-electron chi connectivity index (χ2n) is 4.79. The number of piperidine rings is 1. The van der Waals surface area contributed by atoms with Gasteiger partial charge in [0.05, 0.1) is 16.6 Å². The second-order valence-corrected chi connectivity index (χ2v) is 5.59. The van der Waals surface area contributed by atoms with Crippen molar-refractivity contribution in [2.24, 2.45) is 11.7 Å². The molecule has 2 amide bonds. The lowest BCUT2D eigenvalue weighted by Gasteiger charge is -2.30. The zero-order chi connectivity index (χ0) is 15.4. The smallest absolute Gasteiger partial charge is 0.314 e. The molecule has 0 radical (unpaired) electrons. The standard InChI is InChI=1S/C13H15Cl2N3O3/c14-9-3-4-11(15)17-10(9)7-21-12(19)8-2-1-5-18(6-8)13(16)20/h3-4,8H,1-2,5-7H2,(H2,16,20)/t8-/m1/s1. The number of urea groups is 1. The van der Waals surface area contributed by atoms with E-state index < -0.39 is 12.0 Å². The largest absolute Gasteiger partial charge is 0.459 e. The van der Waals surface area contributed by atoms with Crippen molar-refractivity contribution in [1.29, 1.82) is 0 Å². The fourth-order valence-corrected chi connectivity index (χ4v) is 2.51. The summed E-state index contributed by atoms with van der Waals surface area (Å²) in [6.07, 6.45) is 1.39. The number of halogens is 2. The molecule has 0 unspecified atom stereocenters. The van der Waals surface area contributed by atoms with Gasteiger partial charge >= 0.3 is 12.0 Å². The molecule has 0 bridgehead atoms. The number of nitrogens with zero attached hydrogens (tertiary/aromatic N) is 2. The average Bonchev–Trinajstić information content (AvgIpc) is 2.48. The van der Waals surface area contributed by atoms with Crippen LogP contribution in [0.1, 0.15) is 18.5 Å². The van der Waals surface area contributed by atoms with Crippen LogP contribution in [0.5, 0.6) is 0 Å². The number of carbonyl (C=O) groups excluding carboxylic acids is 2. The molecular weight excluding hydrogens is 317 g/mol. The van der Waals surface area contributed by atoms with Gasteiger partial charge in [-0.05, 0) is 25.0 Å². The third kappa shape index (κ3) is 4.22. The van der Waals surface area contributed by atoms with E-state index in [0.717, 1.165) is 6.42 Å². The highest BCUT2D eigenvalue weighted by molar-refractivity contribution is 6.32. The number of amides is 2. The van der Waals surface area contributed by atoms with E-state index in [-0.39, 0.29) is 24.2 Å². The summed E-state index contributed by atoms with van der Waals surface area (Å²) < 4.78 is 5.21. The summed E-state index contributed by atoms with van der Waals surface area (Å²) in [6, 6.07) is 2.63. The highest BCUT2D eigenvalue weighted by Crippen LogP contribution is 2.21. The molecule has 1 aromatic rings. The molecule has 6 nitrogen and oxygen atoms in total. The van der Waals surface area contributed by atoms with E-state index in [1.165, 1.54) is 4.90 Å². The maximum Gasteiger partial charge on any atom is 0.314 e. The molecule has 1 aromatic heterocycles. The second kappa shape index (κ2) is 6.95. The third-order valence-electron chi connectivity index (χ3n) is 3.30. The van der Waals surface area contributed by atoms with Gasteiger partial charge in [0.2, 0.25) is 0 Å². The van der Waals surface area contributed by atoms with Gasteiger partial charge in [0.1, 0.15) is 11.8 Å². The molecule has 114 valence electrons. The van der Waals surface area contributed by atoms with E-state index >= 15 is 0 Å². The third-order valence-corrected chi connectivity index (χ3v) is 3.86. The van der Waals surface area contributed by atoms with Crippen molar-refractivity contribution in [1.82, 2.24) is 9.88 Å². The van der Waals surface area contributed by atoms with Gasteiger partial charge in [-0.25, -0.2) is 9.78 Å². The molecule has 8 heteroatoms. The maximum absolute atomic E-state index is 12.0. The first kappa shape index (κ1) is 15.9. The summed E-state index contributed by atoms with van der Waals surface area (Å²) in [6.45, 7) is 0.803. The van der Waals surface area contributed by atoms with Crippen molar-refractivity contribution in [2.75, 3.05) is 13.1 Å². The maximum atomic E-state index is 12.0. The number of pyridine rings is 1. The van der Waals surface area contributed by atoms with Gasteiger partial charge in [-0.3, -0.25) is 4.79 Å². The molecule has 0 aromatic carbocycles. The Kier molecular flexibility index (Phi) is 5.25. The Bertz CT molecular complexity index is 553. The molecule has 0 saturated carbocycles. The summed E-state index contributed by atoms with van der Waals surface area (Å²) in [4.78, 5) is 28.6. The summed E-state index contributed by atoms with van der Waals surface area (Å²) in [5.74, 6) is -0.761. The zero-order valence-corrected chi connectivity index (χ0v) is 12.7. The van der Waals surface area contributed by atoms with Gasteiger partial charge in [-0.2, -0.15) is 0 Å². The summed E-state index contributed by atoms with van der Waals surface area (Å²) >= 11 is 11.7. The minimum atomic E-state index is -0.521. The number of aromatic nitrogens is 1. The number of rotatable bonds is 3. The lowest BCUT2D eigenvalue weighted by molar-refractivity contribution is -0.151. The monoisotopic (exact) mass is 331 g/mol. The Balaban J connectivity index is 1.92. The Hall–Kier alpha value is -1.53. The van der Waals surface area contributed by atoms with E-state index in [9.17, 15) is 9.59 Å². The first-order chi connectivity index (χ1) is 9.97. The van der Waals surface area contributed by atoms with Crippen molar-refractivity contribution < 1.29 is 14.3 Å². The fraction of sp³-hybridized carbons (Fsp3) is 0.462. The minimum Gasteiger partial charge on any atom is -0.459 e. The summed E-state index contributed by atoms with van der Waals surface area (Å²) in [5.41, 5.74) is 5.63. The van der Waals surface area contributed by atoms with Crippen LogP contribution in [-0.2, 0) is 16.1 Å². The van der Waals surface area contributed by atoms with Gasteiger partial charge in [-0.1, -0.05) is 23.2 Å². The number of esters is 1. The fourth-order valence-electron chi connectivity index (χ4n) is 2.19. The number of hydrogen-bond donors (Lipinski definition) is 1. The van der Waals surface area contributed by atoms with Crippen molar-refractivity contribution in [3.05, 3.63) is 28.0 Å². The topological polar surface area (TPSA) is 85.5 Å². The van der Waals surface area contributed by atoms with Crippen LogP contribution in [0.3, 0.4) is 0 Å². The number of likely N-dealkylation sites (tertiary alicyclic amines) is 1. The molecule has 1 atom stereocenters. The first-order valence-corrected chi connectivity index (χ1v) is 7.25. The Labute approximate surface area is 132 Å². The molecular formula is C13H15Cl2N3O3. The van der Waals surface area contributed by atoms with Gasteiger partial charge in [0.25, 0.3) is 0 Å². The molecule has 2 N–H and O–H groups in total. The van der Waals surface area contributed by atoms with Gasteiger partial charge in [0, 0.05) is 13.1 Å². The molecule has 0 aliphatic carbocycles. The number of hydrogen-bond acceptors (Lipinski definition) is 4. The van der Waals surface area contributed by atoms with Crippen molar-refractivity contribution in [2.45, 2.75) is 19.4 Å². The van der Waals surface area contributed by atoms with Crippen LogP contribution < -0.4 is 5.73 Å². The van der Waals surface area contributed by atoms with Gasteiger partial charge < -0.3 is 15.4 Å². The molecule has 2 rings (SSSR count). The van der Waals surface area contributed by atoms with Gasteiger partial charge in [0.15, 0.2) is 0 Å². The minimum absolute atomic E-state index is 0.0503. The molecule has 1 aliphatic heterocycles. The van der Waals surface area contributed by atoms with Crippen LogP contribution in [0, 0.1) is 5.92 Å². The molecule has 21 heavy (non-hydrogen) atoms. The number of ether oxygens (including phenoxy) is 1. The quantitative estimate of drug-likeness (QED) is 0.679. The SMILES string of the molecule is NC(=O)N1CCC[C@@H](C(=O)OCc2nc(Cl)ccc2Cl)C1. The predicted molar refractivity (Wildman–Crippen MR) is 77.9 cm³/mol. The molecule has 1 aliphatic rings. The Morgan fingerprint density at radius 1 is 1.43 bits per heavy atom. The lowest BCUT2D eigenvalue weighted by atomic mass is 9.98. The predicted octanol–water partition coefficient (Wildman–Crippen LogP) is 2.22. The van der Waals surface area contributed by atoms with Crippen LogP contribution >= 0.6 is 23.2 Å². The highest BCUT2D eigenvalue weighted by atomic mass is 35.5. The van der Waals surface area contributed by atoms with E-state index in [1.54, 1.807) is 12.1 Å². The van der Waals surface area contributed by atoms with E-state index in [4.69, 9.17) is 33.7 Å². The number of nitrogens with two attached hydrogens (primary N) is 1. The van der Waals surface area contributed by atoms with Crippen LogP contribution in [0.4, 0.5) is 4.79 Å². The normalized spacial score (nSPS) is 18.4. The number of primary amides is 1. The molecule has 1 fully saturated rings. The number of carbonyl (C=O) groups is 2. The first-order valence-electron chi connectivity index (χ1n) is 6.49. The van der Waals surface area contributed by atoms with Crippen LogP contribution in [0.15, 0.2) is 12.1 Å². The van der Waals surface area contributed by atoms with E-state index in [0.29, 0.717) is 23.7 Å². The van der Waals surface area contributed by atoms with Gasteiger partial charge in [-0.15, -0.1) is 0 Å². The van der Waals surface area contributed by atoms with Crippen LogP contribution in [0.2, 0.25) is 10.2 Å². The zero-order valence-electron chi connectivity index (χ0n) is 11.2. The molecule has 0 spiro atoms. The van der Waals surface area contributed by atoms with Crippen molar-refractivity contribution in [3.63, 3.8) is 0 Å². The van der Waals surface area contributed by atoms with E-state index in [1.807, 2.05) is 0 Å². The van der Waals surface area contributed by atoms with Crippen LogP contribution in [-0.4, -0.2) is 35.0 Å². The Morgan fingerprint density at radius 3 is 2.90 bits per heavy atom. The lowest BCUT2D eigenvalue weighted by Crippen LogP contribution is -2.45. The summed E-state index contributed by atoms with van der Waals surface area (Å²) in [7, 11) is 0. The van der Waals surface area contributed by atoms with Crippen LogP contribution in [0.25, 0.3) is 0 Å².